The molecule has 0 saturated heterocycles. The van der Waals surface area contributed by atoms with Crippen molar-refractivity contribution in [3.05, 3.63) is 52.5 Å². The molecule has 0 aliphatic carbocycles. The highest BCUT2D eigenvalue weighted by atomic mass is 32.2. The first-order chi connectivity index (χ1) is 13.4. The summed E-state index contributed by atoms with van der Waals surface area (Å²) in [5.41, 5.74) is 0.917. The van der Waals surface area contributed by atoms with Gasteiger partial charge in [-0.05, 0) is 18.2 Å². The maximum absolute atomic E-state index is 12.9. The van der Waals surface area contributed by atoms with Crippen LogP contribution >= 0.6 is 0 Å². The third kappa shape index (κ3) is 2.56. The molecule has 1 aromatic heterocycles. The smallest absolute Gasteiger partial charge is 0.420 e. The molecule has 10 heteroatoms. The van der Waals surface area contributed by atoms with E-state index in [1.165, 1.54) is 30.9 Å². The zero-order valence-electron chi connectivity index (χ0n) is 15.0. The van der Waals surface area contributed by atoms with E-state index in [1.807, 2.05) is 0 Å². The second-order valence-electron chi connectivity index (χ2n) is 6.07. The van der Waals surface area contributed by atoms with Gasteiger partial charge in [-0.15, -0.1) is 0 Å². The predicted molar refractivity (Wildman–Crippen MR) is 98.2 cm³/mol. The molecular formula is C18H16N2O7S. The number of oxazole rings is 1. The van der Waals surface area contributed by atoms with Crippen LogP contribution in [-0.4, -0.2) is 44.0 Å². The van der Waals surface area contributed by atoms with Gasteiger partial charge in [0.1, 0.15) is 4.90 Å². The number of hydrogen-bond acceptors (Lipinski definition) is 7. The van der Waals surface area contributed by atoms with Crippen molar-refractivity contribution in [1.29, 1.82) is 0 Å². The molecule has 9 nitrogen and oxygen atoms in total. The van der Waals surface area contributed by atoms with Crippen molar-refractivity contribution in [1.82, 2.24) is 8.87 Å². The van der Waals surface area contributed by atoms with Crippen LogP contribution in [0.4, 0.5) is 0 Å². The lowest BCUT2D eigenvalue weighted by molar-refractivity contribution is 0.0867. The van der Waals surface area contributed by atoms with E-state index in [2.05, 4.69) is 0 Å². The van der Waals surface area contributed by atoms with Crippen molar-refractivity contribution >= 4 is 27.0 Å². The van der Waals surface area contributed by atoms with Crippen molar-refractivity contribution in [3.63, 3.8) is 0 Å². The topological polar surface area (TPSA) is 108 Å². The van der Waals surface area contributed by atoms with Gasteiger partial charge in [0, 0.05) is 12.6 Å². The van der Waals surface area contributed by atoms with Crippen molar-refractivity contribution in [2.24, 2.45) is 0 Å². The van der Waals surface area contributed by atoms with E-state index in [9.17, 15) is 18.0 Å². The molecule has 0 spiro atoms. The van der Waals surface area contributed by atoms with Crippen LogP contribution in [0.3, 0.4) is 0 Å². The minimum absolute atomic E-state index is 0.00190. The Balaban J connectivity index is 1.70. The summed E-state index contributed by atoms with van der Waals surface area (Å²) in [5, 5.41) is 0. The molecule has 0 atom stereocenters. The van der Waals surface area contributed by atoms with Gasteiger partial charge in [0.25, 0.3) is 15.9 Å². The van der Waals surface area contributed by atoms with Crippen LogP contribution in [-0.2, 0) is 16.6 Å². The van der Waals surface area contributed by atoms with Gasteiger partial charge in [-0.1, -0.05) is 12.1 Å². The standard InChI is InChI=1S/C18H16N2O7S/c1-25-14-9-11-16(10-15(14)26-2)28(23,24)20(17(11)21)8-7-19-12-5-3-4-6-13(12)27-18(19)22/h3-6,9-10H,7-8H2,1-2H3. The monoisotopic (exact) mass is 404 g/mol. The minimum Gasteiger partial charge on any atom is -0.493 e. The lowest BCUT2D eigenvalue weighted by atomic mass is 10.2. The first-order valence-corrected chi connectivity index (χ1v) is 9.74. The number of sulfonamides is 1. The number of methoxy groups -OCH3 is 2. The molecule has 4 rings (SSSR count). The molecule has 0 bridgehead atoms. The molecule has 0 unspecified atom stereocenters. The predicted octanol–water partition coefficient (Wildman–Crippen LogP) is 1.46. The summed E-state index contributed by atoms with van der Waals surface area (Å²) in [6.45, 7) is -0.257. The number of aromatic nitrogens is 1. The molecule has 0 N–H and O–H groups in total. The highest BCUT2D eigenvalue weighted by Crippen LogP contribution is 2.38. The first kappa shape index (κ1) is 18.1. The molecule has 1 amide bonds. The fourth-order valence-corrected chi connectivity index (χ4v) is 4.80. The number of carbonyl (C=O) groups is 1. The normalized spacial score (nSPS) is 15.1. The van der Waals surface area contributed by atoms with Gasteiger partial charge >= 0.3 is 5.76 Å². The Morgan fingerprint density at radius 1 is 1.00 bits per heavy atom. The Labute approximate surface area is 159 Å². The van der Waals surface area contributed by atoms with Crippen LogP contribution in [0, 0.1) is 0 Å². The van der Waals surface area contributed by atoms with E-state index in [1.54, 1.807) is 24.3 Å². The lowest BCUT2D eigenvalue weighted by Crippen LogP contribution is -2.34. The van der Waals surface area contributed by atoms with Crippen LogP contribution in [0.15, 0.2) is 50.5 Å². The summed E-state index contributed by atoms with van der Waals surface area (Å²) < 4.78 is 43.2. The zero-order valence-corrected chi connectivity index (χ0v) is 15.9. The number of rotatable bonds is 5. The maximum atomic E-state index is 12.9. The minimum atomic E-state index is -4.07. The molecule has 1 aliphatic heterocycles. The Morgan fingerprint density at radius 2 is 1.68 bits per heavy atom. The molecule has 0 saturated carbocycles. The third-order valence-electron chi connectivity index (χ3n) is 4.61. The molecule has 0 fully saturated rings. The third-order valence-corrected chi connectivity index (χ3v) is 6.43. The van der Waals surface area contributed by atoms with Gasteiger partial charge in [-0.25, -0.2) is 17.5 Å². The fourth-order valence-electron chi connectivity index (χ4n) is 3.24. The van der Waals surface area contributed by atoms with Crippen LogP contribution in [0.2, 0.25) is 0 Å². The maximum Gasteiger partial charge on any atom is 0.420 e. The van der Waals surface area contributed by atoms with E-state index >= 15 is 0 Å². The lowest BCUT2D eigenvalue weighted by Gasteiger charge is -2.15. The number of benzene rings is 2. The highest BCUT2D eigenvalue weighted by Gasteiger charge is 2.42. The zero-order chi connectivity index (χ0) is 20.1. The van der Waals surface area contributed by atoms with Gasteiger partial charge in [0.2, 0.25) is 0 Å². The highest BCUT2D eigenvalue weighted by molar-refractivity contribution is 7.90. The summed E-state index contributed by atoms with van der Waals surface area (Å²) in [5.74, 6) is -0.844. The number of nitrogens with zero attached hydrogens (tertiary/aromatic N) is 2. The second kappa shape index (κ2) is 6.41. The van der Waals surface area contributed by atoms with Crippen molar-refractivity contribution in [3.8, 4) is 11.5 Å². The number of para-hydroxylation sites is 2. The quantitative estimate of drug-likeness (QED) is 0.633. The number of hydrogen-bond donors (Lipinski definition) is 0. The van der Waals surface area contributed by atoms with Crippen molar-refractivity contribution in [2.45, 2.75) is 11.4 Å². The molecule has 2 aromatic carbocycles. The number of amides is 1. The van der Waals surface area contributed by atoms with Gasteiger partial charge < -0.3 is 13.9 Å². The largest absolute Gasteiger partial charge is 0.493 e. The molecule has 28 heavy (non-hydrogen) atoms. The van der Waals surface area contributed by atoms with Crippen LogP contribution < -0.4 is 15.2 Å². The molecule has 146 valence electrons. The summed E-state index contributed by atoms with van der Waals surface area (Å²) >= 11 is 0. The second-order valence-corrected chi connectivity index (χ2v) is 7.90. The number of carbonyl (C=O) groups excluding carboxylic acids is 1. The Bertz CT molecular complexity index is 1260. The van der Waals surface area contributed by atoms with E-state index in [0.29, 0.717) is 11.1 Å². The van der Waals surface area contributed by atoms with Crippen LogP contribution in [0.1, 0.15) is 10.4 Å². The van der Waals surface area contributed by atoms with Gasteiger partial charge in [0.05, 0.1) is 31.8 Å². The molecule has 3 aromatic rings. The van der Waals surface area contributed by atoms with Crippen molar-refractivity contribution in [2.75, 3.05) is 20.8 Å². The average Bonchev–Trinajstić information content (AvgIpc) is 3.10. The van der Waals surface area contributed by atoms with E-state index in [0.717, 1.165) is 4.31 Å². The van der Waals surface area contributed by atoms with Crippen LogP contribution in [0.5, 0.6) is 11.5 Å². The Morgan fingerprint density at radius 3 is 2.39 bits per heavy atom. The van der Waals surface area contributed by atoms with Gasteiger partial charge in [0.15, 0.2) is 17.1 Å². The summed E-state index contributed by atoms with van der Waals surface area (Å²) in [4.78, 5) is 24.7. The van der Waals surface area contributed by atoms with E-state index in [4.69, 9.17) is 13.9 Å². The Hall–Kier alpha value is -3.27. The van der Waals surface area contributed by atoms with Crippen LogP contribution in [0.25, 0.3) is 11.1 Å². The first-order valence-electron chi connectivity index (χ1n) is 8.30. The van der Waals surface area contributed by atoms with Crippen molar-refractivity contribution < 1.29 is 27.1 Å². The molecule has 1 aliphatic rings. The molecule has 2 heterocycles. The molecule has 0 radical (unpaired) electrons. The molecular weight excluding hydrogens is 388 g/mol. The summed E-state index contributed by atoms with van der Waals surface area (Å²) in [7, 11) is -1.30. The average molecular weight is 404 g/mol. The summed E-state index contributed by atoms with van der Waals surface area (Å²) in [6.07, 6.45) is 0. The van der Waals surface area contributed by atoms with E-state index < -0.39 is 21.7 Å². The summed E-state index contributed by atoms with van der Waals surface area (Å²) in [6, 6.07) is 9.39. The SMILES string of the molecule is COc1cc2c(cc1OC)S(=O)(=O)N(CCn1c(=O)oc3ccccc31)C2=O. The number of fused-ring (bicyclic) bond motifs is 2. The van der Waals surface area contributed by atoms with Gasteiger partial charge in [-0.2, -0.15) is 0 Å². The Kier molecular flexibility index (Phi) is 4.15. The number of ether oxygens (including phenoxy) is 2. The van der Waals surface area contributed by atoms with Gasteiger partial charge in [-0.3, -0.25) is 9.36 Å². The van der Waals surface area contributed by atoms with E-state index in [-0.39, 0.29) is 35.0 Å². The fraction of sp³-hybridized carbons (Fsp3) is 0.222.